The van der Waals surface area contributed by atoms with Crippen LogP contribution < -0.4 is 0 Å². The van der Waals surface area contributed by atoms with Gasteiger partial charge < -0.3 is 10.0 Å². The molecule has 1 saturated heterocycles. The van der Waals surface area contributed by atoms with Gasteiger partial charge in [-0.2, -0.15) is 0 Å². The van der Waals surface area contributed by atoms with Gasteiger partial charge in [-0.1, -0.05) is 0 Å². The number of hydrogen-bond acceptors (Lipinski definition) is 3. The highest BCUT2D eigenvalue weighted by Crippen LogP contribution is 2.22. The molecule has 1 aromatic heterocycles. The number of hydrogen-bond donors (Lipinski definition) is 1. The molecule has 0 radical (unpaired) electrons. The Morgan fingerprint density at radius 2 is 2.30 bits per heavy atom. The summed E-state index contributed by atoms with van der Waals surface area (Å²) in [5, 5.41) is 8.70. The van der Waals surface area contributed by atoms with E-state index in [1.165, 1.54) is 12.3 Å². The van der Waals surface area contributed by atoms with Gasteiger partial charge in [-0.15, -0.1) is 0 Å². The molecule has 0 saturated carbocycles. The van der Waals surface area contributed by atoms with Gasteiger partial charge in [0.25, 0.3) is 5.91 Å². The highest BCUT2D eigenvalue weighted by Gasteiger charge is 2.26. The molecule has 108 valence electrons. The first-order chi connectivity index (χ1) is 9.58. The Hall–Kier alpha value is -1.98. The van der Waals surface area contributed by atoms with Gasteiger partial charge in [-0.25, -0.2) is 4.39 Å². The van der Waals surface area contributed by atoms with Crippen molar-refractivity contribution < 1.29 is 19.1 Å². The number of halogens is 1. The fourth-order valence-electron chi connectivity index (χ4n) is 2.53. The molecule has 2 heterocycles. The van der Waals surface area contributed by atoms with E-state index in [0.717, 1.165) is 19.0 Å². The minimum Gasteiger partial charge on any atom is -0.481 e. The molecule has 0 aromatic carbocycles. The van der Waals surface area contributed by atoms with Crippen LogP contribution in [0.15, 0.2) is 18.5 Å². The number of likely N-dealkylation sites (tertiary alicyclic amines) is 1. The number of carbonyl (C=O) groups excluding carboxylic acids is 1. The molecule has 6 heteroatoms. The predicted molar refractivity (Wildman–Crippen MR) is 69.7 cm³/mol. The monoisotopic (exact) mass is 280 g/mol. The molecule has 1 amide bonds. The van der Waals surface area contributed by atoms with Crippen LogP contribution in [0.25, 0.3) is 0 Å². The maximum atomic E-state index is 13.6. The zero-order chi connectivity index (χ0) is 14.5. The molecule has 0 spiro atoms. The van der Waals surface area contributed by atoms with Crippen molar-refractivity contribution in [3.8, 4) is 0 Å². The van der Waals surface area contributed by atoms with Crippen molar-refractivity contribution in [3.63, 3.8) is 0 Å². The average Bonchev–Trinajstić information content (AvgIpc) is 2.45. The second-order valence-electron chi connectivity index (χ2n) is 5.05. The van der Waals surface area contributed by atoms with E-state index in [9.17, 15) is 14.0 Å². The van der Waals surface area contributed by atoms with Crippen molar-refractivity contribution in [1.82, 2.24) is 9.88 Å². The highest BCUT2D eigenvalue weighted by molar-refractivity contribution is 5.94. The molecule has 1 aliphatic rings. The van der Waals surface area contributed by atoms with E-state index in [4.69, 9.17) is 5.11 Å². The van der Waals surface area contributed by atoms with Crippen LogP contribution in [0.5, 0.6) is 0 Å². The summed E-state index contributed by atoms with van der Waals surface area (Å²) >= 11 is 0. The van der Waals surface area contributed by atoms with E-state index in [1.807, 2.05) is 0 Å². The van der Waals surface area contributed by atoms with E-state index in [-0.39, 0.29) is 23.8 Å². The van der Waals surface area contributed by atoms with E-state index in [1.54, 1.807) is 4.90 Å². The number of carboxylic acid groups (broad SMARTS) is 1. The quantitative estimate of drug-likeness (QED) is 0.915. The van der Waals surface area contributed by atoms with E-state index < -0.39 is 11.8 Å². The Morgan fingerprint density at radius 3 is 3.00 bits per heavy atom. The SMILES string of the molecule is O=C(O)CC[C@H]1CCCN(C(=O)c2ccncc2F)C1. The molecule has 1 N–H and O–H groups in total. The lowest BCUT2D eigenvalue weighted by Gasteiger charge is -2.32. The molecule has 0 unspecified atom stereocenters. The Balaban J connectivity index is 2.00. The van der Waals surface area contributed by atoms with Crippen LogP contribution in [0.3, 0.4) is 0 Å². The second kappa shape index (κ2) is 6.45. The smallest absolute Gasteiger partial charge is 0.303 e. The molecular formula is C14H17FN2O3. The van der Waals surface area contributed by atoms with Crippen LogP contribution in [0.2, 0.25) is 0 Å². The summed E-state index contributed by atoms with van der Waals surface area (Å²) in [7, 11) is 0. The third-order valence-corrected chi connectivity index (χ3v) is 3.58. The standard InChI is InChI=1S/C14H17FN2O3/c15-12-8-16-6-5-11(12)14(20)17-7-1-2-10(9-17)3-4-13(18)19/h5-6,8,10H,1-4,7,9H2,(H,18,19)/t10-/m1/s1. The first-order valence-corrected chi connectivity index (χ1v) is 6.68. The Labute approximate surface area is 116 Å². The lowest BCUT2D eigenvalue weighted by atomic mass is 9.93. The number of aromatic nitrogens is 1. The zero-order valence-corrected chi connectivity index (χ0v) is 11.1. The van der Waals surface area contributed by atoms with E-state index in [2.05, 4.69) is 4.98 Å². The summed E-state index contributed by atoms with van der Waals surface area (Å²) in [6.45, 7) is 1.08. The van der Waals surface area contributed by atoms with E-state index >= 15 is 0 Å². The molecule has 0 aliphatic carbocycles. The summed E-state index contributed by atoms with van der Waals surface area (Å²) in [5.41, 5.74) is 0.0267. The van der Waals surface area contributed by atoms with Crippen LogP contribution in [-0.2, 0) is 4.79 Å². The maximum absolute atomic E-state index is 13.6. The fraction of sp³-hybridized carbons (Fsp3) is 0.500. The number of piperidine rings is 1. The number of pyridine rings is 1. The third-order valence-electron chi connectivity index (χ3n) is 3.58. The normalized spacial score (nSPS) is 18.9. The number of aliphatic carboxylic acids is 1. The van der Waals surface area contributed by atoms with Crippen molar-refractivity contribution in [3.05, 3.63) is 29.8 Å². The van der Waals surface area contributed by atoms with Gasteiger partial charge in [0.15, 0.2) is 5.82 Å². The minimum absolute atomic E-state index is 0.0267. The Kier molecular flexibility index (Phi) is 4.65. The topological polar surface area (TPSA) is 70.5 Å². The molecule has 20 heavy (non-hydrogen) atoms. The van der Waals surface area contributed by atoms with Crippen molar-refractivity contribution in [1.29, 1.82) is 0 Å². The third kappa shape index (κ3) is 3.53. The van der Waals surface area contributed by atoms with Gasteiger partial charge in [0.1, 0.15) is 0 Å². The first kappa shape index (κ1) is 14.4. The van der Waals surface area contributed by atoms with Gasteiger partial charge in [0, 0.05) is 25.7 Å². The van der Waals surface area contributed by atoms with Crippen molar-refractivity contribution in [2.75, 3.05) is 13.1 Å². The Morgan fingerprint density at radius 1 is 1.50 bits per heavy atom. The molecular weight excluding hydrogens is 263 g/mol. The van der Waals surface area contributed by atoms with Gasteiger partial charge in [0.2, 0.25) is 0 Å². The molecule has 1 aromatic rings. The summed E-state index contributed by atoms with van der Waals surface area (Å²) in [6.07, 6.45) is 4.81. The number of nitrogens with zero attached hydrogens (tertiary/aromatic N) is 2. The zero-order valence-electron chi connectivity index (χ0n) is 11.1. The lowest BCUT2D eigenvalue weighted by molar-refractivity contribution is -0.137. The molecule has 1 atom stereocenters. The highest BCUT2D eigenvalue weighted by atomic mass is 19.1. The van der Waals surface area contributed by atoms with Crippen molar-refractivity contribution in [2.45, 2.75) is 25.7 Å². The van der Waals surface area contributed by atoms with Crippen LogP contribution in [0, 0.1) is 11.7 Å². The van der Waals surface area contributed by atoms with Gasteiger partial charge >= 0.3 is 5.97 Å². The number of rotatable bonds is 4. The predicted octanol–water partition coefficient (Wildman–Crippen LogP) is 1.94. The van der Waals surface area contributed by atoms with E-state index in [0.29, 0.717) is 19.5 Å². The van der Waals surface area contributed by atoms with Gasteiger partial charge in [-0.05, 0) is 31.2 Å². The second-order valence-corrected chi connectivity index (χ2v) is 5.05. The average molecular weight is 280 g/mol. The fourth-order valence-corrected chi connectivity index (χ4v) is 2.53. The van der Waals surface area contributed by atoms with Crippen LogP contribution in [0.1, 0.15) is 36.0 Å². The molecule has 1 fully saturated rings. The minimum atomic E-state index is -0.825. The number of amides is 1. The lowest BCUT2D eigenvalue weighted by Crippen LogP contribution is -2.40. The number of carbonyl (C=O) groups is 2. The van der Waals surface area contributed by atoms with Crippen molar-refractivity contribution in [2.24, 2.45) is 5.92 Å². The summed E-state index contributed by atoms with van der Waals surface area (Å²) in [5.74, 6) is -1.61. The molecule has 5 nitrogen and oxygen atoms in total. The molecule has 1 aliphatic heterocycles. The summed E-state index contributed by atoms with van der Waals surface area (Å²) in [4.78, 5) is 28.1. The first-order valence-electron chi connectivity index (χ1n) is 6.68. The summed E-state index contributed by atoms with van der Waals surface area (Å²) < 4.78 is 13.6. The van der Waals surface area contributed by atoms with Crippen LogP contribution >= 0.6 is 0 Å². The number of carboxylic acids is 1. The van der Waals surface area contributed by atoms with Crippen LogP contribution in [-0.4, -0.2) is 40.0 Å². The summed E-state index contributed by atoms with van der Waals surface area (Å²) in [6, 6.07) is 1.37. The molecule has 0 bridgehead atoms. The molecule has 2 rings (SSSR count). The van der Waals surface area contributed by atoms with Crippen LogP contribution in [0.4, 0.5) is 4.39 Å². The van der Waals surface area contributed by atoms with Gasteiger partial charge in [0.05, 0.1) is 11.8 Å². The van der Waals surface area contributed by atoms with Gasteiger partial charge in [-0.3, -0.25) is 14.6 Å². The van der Waals surface area contributed by atoms with Crippen molar-refractivity contribution >= 4 is 11.9 Å². The largest absolute Gasteiger partial charge is 0.481 e. The maximum Gasteiger partial charge on any atom is 0.303 e. The Bertz CT molecular complexity index is 507.